The summed E-state index contributed by atoms with van der Waals surface area (Å²) in [6.07, 6.45) is 2.57. The molecule has 1 unspecified atom stereocenters. The van der Waals surface area contributed by atoms with Crippen molar-refractivity contribution in [3.63, 3.8) is 0 Å². The van der Waals surface area contributed by atoms with E-state index in [1.807, 2.05) is 23.1 Å². The van der Waals surface area contributed by atoms with Crippen LogP contribution in [0.3, 0.4) is 0 Å². The summed E-state index contributed by atoms with van der Waals surface area (Å²) in [5.41, 5.74) is 0.700. The number of nitrogens with zero attached hydrogens (tertiary/aromatic N) is 2. The highest BCUT2D eigenvalue weighted by Gasteiger charge is 2.26. The van der Waals surface area contributed by atoms with Crippen LogP contribution in [0, 0.1) is 0 Å². The molecule has 25 heavy (non-hydrogen) atoms. The summed E-state index contributed by atoms with van der Waals surface area (Å²) in [5.74, 6) is 0.604. The van der Waals surface area contributed by atoms with Crippen LogP contribution in [0.1, 0.15) is 6.42 Å². The largest absolute Gasteiger partial charge is 0.472 e. The zero-order valence-electron chi connectivity index (χ0n) is 13.3. The van der Waals surface area contributed by atoms with E-state index in [0.717, 1.165) is 13.0 Å². The van der Waals surface area contributed by atoms with Crippen molar-refractivity contribution in [1.82, 2.24) is 9.88 Å². The monoisotopic (exact) mass is 378 g/mol. The highest BCUT2D eigenvalue weighted by molar-refractivity contribution is 7.89. The number of rotatable bonds is 4. The number of ether oxygens (including phenoxy) is 1. The van der Waals surface area contributed by atoms with Crippen molar-refractivity contribution in [1.29, 1.82) is 0 Å². The summed E-state index contributed by atoms with van der Waals surface area (Å²) in [6.45, 7) is 1.44. The maximum atomic E-state index is 11.3. The number of thiocarbonyl (C=S) groups is 1. The second-order valence-corrected chi connectivity index (χ2v) is 7.59. The molecule has 1 aliphatic heterocycles. The fourth-order valence-corrected chi connectivity index (χ4v) is 3.33. The molecule has 1 aromatic carbocycles. The SMILES string of the molecule is NS(=O)(=O)c1ccc(NC(=S)N2CCC(Oc3ccccn3)C2)cc1. The number of anilines is 1. The third-order valence-corrected chi connectivity index (χ3v) is 5.08. The third kappa shape index (κ3) is 4.65. The van der Waals surface area contributed by atoms with Crippen molar-refractivity contribution >= 4 is 33.0 Å². The van der Waals surface area contributed by atoms with E-state index >= 15 is 0 Å². The minimum atomic E-state index is -3.69. The molecule has 1 aromatic heterocycles. The summed E-state index contributed by atoms with van der Waals surface area (Å²) in [7, 11) is -3.69. The van der Waals surface area contributed by atoms with E-state index in [1.165, 1.54) is 12.1 Å². The quantitative estimate of drug-likeness (QED) is 0.780. The van der Waals surface area contributed by atoms with Gasteiger partial charge in [0.05, 0.1) is 11.4 Å². The predicted molar refractivity (Wildman–Crippen MR) is 98.9 cm³/mol. The average molecular weight is 378 g/mol. The van der Waals surface area contributed by atoms with Gasteiger partial charge >= 0.3 is 0 Å². The van der Waals surface area contributed by atoms with Crippen LogP contribution in [0.5, 0.6) is 5.88 Å². The average Bonchev–Trinajstić information content (AvgIpc) is 3.04. The highest BCUT2D eigenvalue weighted by Crippen LogP contribution is 2.18. The lowest BCUT2D eigenvalue weighted by Gasteiger charge is -2.20. The molecule has 0 spiro atoms. The summed E-state index contributed by atoms with van der Waals surface area (Å²) in [4.78, 5) is 6.23. The molecule has 0 amide bonds. The Morgan fingerprint density at radius 1 is 1.28 bits per heavy atom. The fourth-order valence-electron chi connectivity index (χ4n) is 2.53. The zero-order chi connectivity index (χ0) is 17.9. The van der Waals surface area contributed by atoms with E-state index < -0.39 is 10.0 Å². The Labute approximate surface area is 151 Å². The van der Waals surface area contributed by atoms with Crippen LogP contribution in [0.25, 0.3) is 0 Å². The number of primary sulfonamides is 1. The first-order valence-corrected chi connectivity index (χ1v) is 9.64. The second-order valence-electron chi connectivity index (χ2n) is 5.64. The fraction of sp³-hybridized carbons (Fsp3) is 0.250. The Morgan fingerprint density at radius 2 is 2.04 bits per heavy atom. The zero-order valence-corrected chi connectivity index (χ0v) is 15.0. The first kappa shape index (κ1) is 17.6. The molecule has 3 N–H and O–H groups in total. The molecule has 7 nitrogen and oxygen atoms in total. The molecule has 0 radical (unpaired) electrons. The van der Waals surface area contributed by atoms with Gasteiger partial charge in [-0.05, 0) is 42.5 Å². The molecule has 1 aliphatic rings. The van der Waals surface area contributed by atoms with Gasteiger partial charge in [0.25, 0.3) is 0 Å². The van der Waals surface area contributed by atoms with Gasteiger partial charge in [-0.2, -0.15) is 0 Å². The lowest BCUT2D eigenvalue weighted by Crippen LogP contribution is -2.34. The molecule has 0 saturated carbocycles. The highest BCUT2D eigenvalue weighted by atomic mass is 32.2. The van der Waals surface area contributed by atoms with Gasteiger partial charge in [0.1, 0.15) is 6.10 Å². The summed E-state index contributed by atoms with van der Waals surface area (Å²) in [5, 5.41) is 8.75. The first-order chi connectivity index (χ1) is 11.9. The maximum absolute atomic E-state index is 11.3. The van der Waals surface area contributed by atoms with Gasteiger partial charge in [-0.25, -0.2) is 18.5 Å². The van der Waals surface area contributed by atoms with E-state index in [2.05, 4.69) is 10.3 Å². The van der Waals surface area contributed by atoms with E-state index in [4.69, 9.17) is 22.1 Å². The molecular weight excluding hydrogens is 360 g/mol. The van der Waals surface area contributed by atoms with Crippen molar-refractivity contribution in [3.8, 4) is 5.88 Å². The van der Waals surface area contributed by atoms with Gasteiger partial charge in [0, 0.05) is 30.9 Å². The van der Waals surface area contributed by atoms with Crippen LogP contribution in [-0.2, 0) is 10.0 Å². The number of hydrogen-bond acceptors (Lipinski definition) is 5. The van der Waals surface area contributed by atoms with Crippen molar-refractivity contribution < 1.29 is 13.2 Å². The van der Waals surface area contributed by atoms with Gasteiger partial charge in [0.15, 0.2) is 5.11 Å². The molecule has 1 fully saturated rings. The van der Waals surface area contributed by atoms with Gasteiger partial charge in [-0.1, -0.05) is 6.07 Å². The van der Waals surface area contributed by atoms with Crippen LogP contribution >= 0.6 is 12.2 Å². The van der Waals surface area contributed by atoms with Crippen LogP contribution in [0.2, 0.25) is 0 Å². The minimum Gasteiger partial charge on any atom is -0.472 e. The number of likely N-dealkylation sites (tertiary alicyclic amines) is 1. The number of sulfonamides is 1. The molecule has 0 bridgehead atoms. The lowest BCUT2D eigenvalue weighted by molar-refractivity contribution is 0.206. The molecule has 9 heteroatoms. The van der Waals surface area contributed by atoms with Crippen LogP contribution in [0.4, 0.5) is 5.69 Å². The van der Waals surface area contributed by atoms with E-state index in [0.29, 0.717) is 23.2 Å². The van der Waals surface area contributed by atoms with Gasteiger partial charge < -0.3 is 15.0 Å². The number of nitrogens with two attached hydrogens (primary N) is 1. The smallest absolute Gasteiger partial charge is 0.238 e. The van der Waals surface area contributed by atoms with Crippen LogP contribution in [-0.4, -0.2) is 42.6 Å². The van der Waals surface area contributed by atoms with E-state index in [-0.39, 0.29) is 11.0 Å². The number of hydrogen-bond donors (Lipinski definition) is 2. The van der Waals surface area contributed by atoms with Crippen molar-refractivity contribution in [2.24, 2.45) is 5.14 Å². The molecular formula is C16H18N4O3S2. The molecule has 1 atom stereocenters. The molecule has 2 heterocycles. The second kappa shape index (κ2) is 7.34. The summed E-state index contributed by atoms with van der Waals surface area (Å²) in [6, 6.07) is 11.7. The van der Waals surface area contributed by atoms with Crippen molar-refractivity contribution in [2.75, 3.05) is 18.4 Å². The normalized spacial score (nSPS) is 17.3. The van der Waals surface area contributed by atoms with Crippen LogP contribution in [0.15, 0.2) is 53.6 Å². The van der Waals surface area contributed by atoms with E-state index in [9.17, 15) is 8.42 Å². The standard InChI is InChI=1S/C16H18N4O3S2/c17-25(21,22)14-6-4-12(5-7-14)19-16(24)20-10-8-13(11-20)23-15-3-1-2-9-18-15/h1-7,9,13H,8,10-11H2,(H,19,24)(H2,17,21,22). The number of aromatic nitrogens is 1. The lowest BCUT2D eigenvalue weighted by atomic mass is 10.3. The summed E-state index contributed by atoms with van der Waals surface area (Å²) >= 11 is 5.42. The molecule has 0 aliphatic carbocycles. The Morgan fingerprint density at radius 3 is 2.68 bits per heavy atom. The van der Waals surface area contributed by atoms with Crippen molar-refractivity contribution in [2.45, 2.75) is 17.4 Å². The molecule has 132 valence electrons. The van der Waals surface area contributed by atoms with Crippen LogP contribution < -0.4 is 15.2 Å². The number of nitrogens with one attached hydrogen (secondary N) is 1. The van der Waals surface area contributed by atoms with E-state index in [1.54, 1.807) is 18.3 Å². The Balaban J connectivity index is 1.55. The third-order valence-electron chi connectivity index (χ3n) is 3.79. The van der Waals surface area contributed by atoms with Gasteiger partial charge in [-0.15, -0.1) is 0 Å². The number of pyridine rings is 1. The van der Waals surface area contributed by atoms with Gasteiger partial charge in [0.2, 0.25) is 15.9 Å². The molecule has 2 aromatic rings. The Bertz CT molecular complexity index is 841. The van der Waals surface area contributed by atoms with Crippen molar-refractivity contribution in [3.05, 3.63) is 48.7 Å². The minimum absolute atomic E-state index is 0.0272. The predicted octanol–water partition coefficient (Wildman–Crippen LogP) is 1.58. The number of benzene rings is 1. The van der Waals surface area contributed by atoms with Gasteiger partial charge in [-0.3, -0.25) is 0 Å². The topological polar surface area (TPSA) is 97.5 Å². The molecule has 1 saturated heterocycles. The maximum Gasteiger partial charge on any atom is 0.238 e. The Kier molecular flexibility index (Phi) is 5.16. The first-order valence-electron chi connectivity index (χ1n) is 7.68. The molecule has 3 rings (SSSR count). The summed E-state index contributed by atoms with van der Waals surface area (Å²) < 4.78 is 28.4. The Hall–Kier alpha value is -2.23.